The third kappa shape index (κ3) is 2.50. The van der Waals surface area contributed by atoms with E-state index in [-0.39, 0.29) is 11.7 Å². The summed E-state index contributed by atoms with van der Waals surface area (Å²) >= 11 is 1.31. The van der Waals surface area contributed by atoms with Gasteiger partial charge >= 0.3 is 0 Å². The summed E-state index contributed by atoms with van der Waals surface area (Å²) in [6.07, 6.45) is 2.53. The van der Waals surface area contributed by atoms with E-state index in [2.05, 4.69) is 12.2 Å². The minimum absolute atomic E-state index is 0.156. The van der Waals surface area contributed by atoms with Crippen LogP contribution in [-0.4, -0.2) is 12.5 Å². The fourth-order valence-electron chi connectivity index (χ4n) is 2.42. The first-order chi connectivity index (χ1) is 9.56. The molecule has 3 rings (SSSR count). The van der Waals surface area contributed by atoms with Crippen molar-refractivity contribution in [1.82, 2.24) is 5.32 Å². The molecule has 1 heterocycles. The van der Waals surface area contributed by atoms with E-state index in [0.29, 0.717) is 28.4 Å². The van der Waals surface area contributed by atoms with Gasteiger partial charge in [0.1, 0.15) is 10.7 Å². The third-order valence-electron chi connectivity index (χ3n) is 3.91. The lowest BCUT2D eigenvalue weighted by molar-refractivity contribution is 0.0951. The van der Waals surface area contributed by atoms with Crippen LogP contribution in [0.2, 0.25) is 0 Å². The molecule has 0 saturated heterocycles. The van der Waals surface area contributed by atoms with Gasteiger partial charge in [-0.1, -0.05) is 6.92 Å². The standard InChI is InChI=1S/C15H17FN2OS/c1-8(9-2-3-9)7-18-15(19)14-13(17)11-6-10(16)4-5-12(11)20-14/h4-6,8-9H,2-3,7,17H2,1H3,(H,18,19). The first-order valence-electron chi connectivity index (χ1n) is 6.82. The Morgan fingerprint density at radius 2 is 2.30 bits per heavy atom. The van der Waals surface area contributed by atoms with Gasteiger partial charge in [0, 0.05) is 16.6 Å². The van der Waals surface area contributed by atoms with Crippen LogP contribution in [0.15, 0.2) is 18.2 Å². The van der Waals surface area contributed by atoms with Crippen molar-refractivity contribution in [3.63, 3.8) is 0 Å². The number of fused-ring (bicyclic) bond motifs is 1. The van der Waals surface area contributed by atoms with Gasteiger partial charge in [-0.05, 0) is 42.9 Å². The summed E-state index contributed by atoms with van der Waals surface area (Å²) in [6, 6.07) is 4.43. The lowest BCUT2D eigenvalue weighted by Crippen LogP contribution is -2.28. The predicted octanol–water partition coefficient (Wildman–Crippen LogP) is 3.40. The van der Waals surface area contributed by atoms with E-state index in [1.165, 1.54) is 36.3 Å². The molecule has 0 aliphatic heterocycles. The predicted molar refractivity (Wildman–Crippen MR) is 80.4 cm³/mol. The van der Waals surface area contributed by atoms with Crippen LogP contribution in [0.5, 0.6) is 0 Å². The number of thiophene rings is 1. The Kier molecular flexibility index (Phi) is 3.38. The molecule has 1 amide bonds. The van der Waals surface area contributed by atoms with Crippen LogP contribution in [0.1, 0.15) is 29.4 Å². The number of carbonyl (C=O) groups is 1. The Hall–Kier alpha value is -1.62. The molecular weight excluding hydrogens is 275 g/mol. The van der Waals surface area contributed by atoms with Crippen LogP contribution in [-0.2, 0) is 0 Å². The summed E-state index contributed by atoms with van der Waals surface area (Å²) in [5, 5.41) is 3.55. The molecule has 1 saturated carbocycles. The molecular formula is C15H17FN2OS. The van der Waals surface area contributed by atoms with Gasteiger partial charge in [-0.3, -0.25) is 4.79 Å². The Labute approximate surface area is 121 Å². The number of amides is 1. The molecule has 5 heteroatoms. The van der Waals surface area contributed by atoms with Crippen molar-refractivity contribution in [2.75, 3.05) is 12.3 Å². The Bertz CT molecular complexity index is 663. The Morgan fingerprint density at radius 3 is 3.00 bits per heavy atom. The SMILES string of the molecule is CC(CNC(=O)c1sc2ccc(F)cc2c1N)C1CC1. The summed E-state index contributed by atoms with van der Waals surface area (Å²) < 4.78 is 14.1. The summed E-state index contributed by atoms with van der Waals surface area (Å²) in [4.78, 5) is 12.7. The maximum atomic E-state index is 13.2. The van der Waals surface area contributed by atoms with Gasteiger partial charge in [0.15, 0.2) is 0 Å². The van der Waals surface area contributed by atoms with Gasteiger partial charge in [0.25, 0.3) is 5.91 Å². The number of benzene rings is 1. The van der Waals surface area contributed by atoms with Crippen LogP contribution >= 0.6 is 11.3 Å². The minimum Gasteiger partial charge on any atom is -0.397 e. The second kappa shape index (κ2) is 5.05. The van der Waals surface area contributed by atoms with E-state index < -0.39 is 0 Å². The van der Waals surface area contributed by atoms with Crippen molar-refractivity contribution in [2.45, 2.75) is 19.8 Å². The van der Waals surface area contributed by atoms with Crippen molar-refractivity contribution in [3.05, 3.63) is 28.9 Å². The normalized spacial score (nSPS) is 16.3. The molecule has 106 valence electrons. The Morgan fingerprint density at radius 1 is 1.55 bits per heavy atom. The van der Waals surface area contributed by atoms with Gasteiger partial charge in [0.05, 0.1) is 5.69 Å². The number of nitrogens with one attached hydrogen (secondary N) is 1. The molecule has 1 aliphatic rings. The lowest BCUT2D eigenvalue weighted by atomic mass is 10.1. The second-order valence-corrected chi connectivity index (χ2v) is 6.56. The van der Waals surface area contributed by atoms with Gasteiger partial charge in [-0.15, -0.1) is 11.3 Å². The third-order valence-corrected chi connectivity index (χ3v) is 5.09. The van der Waals surface area contributed by atoms with Gasteiger partial charge in [-0.2, -0.15) is 0 Å². The number of nitrogen functional groups attached to an aromatic ring is 1. The zero-order valence-corrected chi connectivity index (χ0v) is 12.1. The topological polar surface area (TPSA) is 55.1 Å². The monoisotopic (exact) mass is 292 g/mol. The highest BCUT2D eigenvalue weighted by Crippen LogP contribution is 2.36. The maximum absolute atomic E-state index is 13.2. The molecule has 1 atom stereocenters. The van der Waals surface area contributed by atoms with Crippen molar-refractivity contribution in [1.29, 1.82) is 0 Å². The first kappa shape index (κ1) is 13.4. The fraction of sp³-hybridized carbons (Fsp3) is 0.400. The van der Waals surface area contributed by atoms with E-state index in [0.717, 1.165) is 10.6 Å². The number of carbonyl (C=O) groups excluding carboxylic acids is 1. The molecule has 1 aromatic carbocycles. The van der Waals surface area contributed by atoms with Crippen molar-refractivity contribution in [3.8, 4) is 0 Å². The number of rotatable bonds is 4. The van der Waals surface area contributed by atoms with Crippen LogP contribution < -0.4 is 11.1 Å². The quantitative estimate of drug-likeness (QED) is 0.907. The van der Waals surface area contributed by atoms with Crippen molar-refractivity contribution in [2.24, 2.45) is 11.8 Å². The van der Waals surface area contributed by atoms with E-state index in [1.807, 2.05) is 0 Å². The van der Waals surface area contributed by atoms with Crippen molar-refractivity contribution < 1.29 is 9.18 Å². The lowest BCUT2D eigenvalue weighted by Gasteiger charge is -2.10. The highest BCUT2D eigenvalue weighted by molar-refractivity contribution is 7.21. The van der Waals surface area contributed by atoms with Crippen LogP contribution in [0.4, 0.5) is 10.1 Å². The average Bonchev–Trinajstić information content (AvgIpc) is 3.22. The number of hydrogen-bond donors (Lipinski definition) is 2. The molecule has 1 fully saturated rings. The van der Waals surface area contributed by atoms with Crippen LogP contribution in [0, 0.1) is 17.7 Å². The summed E-state index contributed by atoms with van der Waals surface area (Å²) in [7, 11) is 0. The molecule has 3 nitrogen and oxygen atoms in total. The zero-order valence-electron chi connectivity index (χ0n) is 11.3. The van der Waals surface area contributed by atoms with Gasteiger partial charge in [0.2, 0.25) is 0 Å². The number of halogens is 1. The van der Waals surface area contributed by atoms with E-state index in [1.54, 1.807) is 6.07 Å². The van der Waals surface area contributed by atoms with E-state index in [4.69, 9.17) is 5.73 Å². The van der Waals surface area contributed by atoms with Crippen LogP contribution in [0.25, 0.3) is 10.1 Å². The number of anilines is 1. The summed E-state index contributed by atoms with van der Waals surface area (Å²) in [5.74, 6) is 0.768. The largest absolute Gasteiger partial charge is 0.397 e. The first-order valence-corrected chi connectivity index (χ1v) is 7.63. The second-order valence-electron chi connectivity index (χ2n) is 5.51. The molecule has 1 aliphatic carbocycles. The average molecular weight is 292 g/mol. The zero-order chi connectivity index (χ0) is 14.3. The fourth-order valence-corrected chi connectivity index (χ4v) is 3.44. The molecule has 1 unspecified atom stereocenters. The highest BCUT2D eigenvalue weighted by atomic mass is 32.1. The van der Waals surface area contributed by atoms with E-state index in [9.17, 15) is 9.18 Å². The summed E-state index contributed by atoms with van der Waals surface area (Å²) in [5.41, 5.74) is 6.35. The molecule has 0 spiro atoms. The maximum Gasteiger partial charge on any atom is 0.263 e. The number of hydrogen-bond acceptors (Lipinski definition) is 3. The van der Waals surface area contributed by atoms with E-state index >= 15 is 0 Å². The van der Waals surface area contributed by atoms with Gasteiger partial charge in [-0.25, -0.2) is 4.39 Å². The molecule has 0 bridgehead atoms. The molecule has 1 aromatic heterocycles. The molecule has 3 N–H and O–H groups in total. The molecule has 20 heavy (non-hydrogen) atoms. The number of nitrogens with two attached hydrogens (primary N) is 1. The molecule has 2 aromatic rings. The smallest absolute Gasteiger partial charge is 0.263 e. The van der Waals surface area contributed by atoms with Gasteiger partial charge < -0.3 is 11.1 Å². The minimum atomic E-state index is -0.337. The Balaban J connectivity index is 1.78. The highest BCUT2D eigenvalue weighted by Gasteiger charge is 2.28. The van der Waals surface area contributed by atoms with Crippen molar-refractivity contribution >= 4 is 33.0 Å². The van der Waals surface area contributed by atoms with Crippen LogP contribution in [0.3, 0.4) is 0 Å². The summed E-state index contributed by atoms with van der Waals surface area (Å²) in [6.45, 7) is 2.83. The molecule has 0 radical (unpaired) electrons.